The van der Waals surface area contributed by atoms with E-state index in [9.17, 15) is 18.4 Å². The van der Waals surface area contributed by atoms with E-state index in [2.05, 4.69) is 5.32 Å². The number of carbonyl (C=O) groups excluding carboxylic acids is 2. The third kappa shape index (κ3) is 3.46. The second kappa shape index (κ2) is 7.68. The second-order valence-corrected chi connectivity index (χ2v) is 8.21. The molecular weight excluding hydrogens is 408 g/mol. The summed E-state index contributed by atoms with van der Waals surface area (Å²) in [5.74, 6) is -1.21. The SMILES string of the molecule is O=C1/C(=C\c2cccc(F)c2)CC2(C/C1=C\c1cccc(F)c1)C(=O)Nc1ccccc12. The molecule has 3 nitrogen and oxygen atoms in total. The van der Waals surface area contributed by atoms with Crippen LogP contribution in [-0.2, 0) is 15.0 Å². The van der Waals surface area contributed by atoms with Crippen LogP contribution in [-0.4, -0.2) is 11.7 Å². The minimum absolute atomic E-state index is 0.179. The zero-order chi connectivity index (χ0) is 22.3. The van der Waals surface area contributed by atoms with Gasteiger partial charge in [-0.25, -0.2) is 8.78 Å². The molecule has 3 aromatic rings. The Morgan fingerprint density at radius 1 is 0.750 bits per heavy atom. The third-order valence-corrected chi connectivity index (χ3v) is 6.07. The van der Waals surface area contributed by atoms with E-state index in [1.54, 1.807) is 36.4 Å². The molecule has 1 unspecified atom stereocenters. The van der Waals surface area contributed by atoms with E-state index in [4.69, 9.17) is 0 Å². The molecule has 158 valence electrons. The number of carbonyl (C=O) groups is 2. The van der Waals surface area contributed by atoms with Crippen molar-refractivity contribution in [3.05, 3.63) is 112 Å². The van der Waals surface area contributed by atoms with Crippen LogP contribution in [0.4, 0.5) is 14.5 Å². The molecule has 5 heteroatoms. The van der Waals surface area contributed by atoms with Gasteiger partial charge in [0.25, 0.3) is 0 Å². The molecule has 1 aliphatic heterocycles. The fraction of sp³-hybridized carbons (Fsp3) is 0.111. The van der Waals surface area contributed by atoms with Gasteiger partial charge in [-0.05, 0) is 72.0 Å². The number of allylic oxidation sites excluding steroid dienone is 2. The van der Waals surface area contributed by atoms with E-state index in [0.717, 1.165) is 11.3 Å². The smallest absolute Gasteiger partial charge is 0.235 e. The van der Waals surface area contributed by atoms with Crippen molar-refractivity contribution in [2.24, 2.45) is 0 Å². The minimum Gasteiger partial charge on any atom is -0.325 e. The van der Waals surface area contributed by atoms with E-state index in [1.807, 2.05) is 24.3 Å². The lowest BCUT2D eigenvalue weighted by Crippen LogP contribution is -2.40. The Kier molecular flexibility index (Phi) is 4.82. The average molecular weight is 427 g/mol. The van der Waals surface area contributed by atoms with Crippen molar-refractivity contribution in [1.29, 1.82) is 0 Å². The fourth-order valence-electron chi connectivity index (χ4n) is 4.63. The topological polar surface area (TPSA) is 46.2 Å². The first-order valence-corrected chi connectivity index (χ1v) is 10.3. The van der Waals surface area contributed by atoms with E-state index >= 15 is 0 Å². The molecule has 32 heavy (non-hydrogen) atoms. The Morgan fingerprint density at radius 3 is 1.88 bits per heavy atom. The van der Waals surface area contributed by atoms with Gasteiger partial charge in [0, 0.05) is 16.8 Å². The summed E-state index contributed by atoms with van der Waals surface area (Å²) in [5, 5.41) is 2.94. The van der Waals surface area contributed by atoms with Crippen molar-refractivity contribution in [2.75, 3.05) is 5.32 Å². The number of Topliss-reactive ketones (excluding diaryl/α,β-unsaturated/α-hetero) is 1. The van der Waals surface area contributed by atoms with Gasteiger partial charge in [-0.1, -0.05) is 42.5 Å². The molecule has 0 bridgehead atoms. The number of rotatable bonds is 2. The minimum atomic E-state index is -0.956. The maximum absolute atomic E-state index is 13.7. The number of halogens is 2. The van der Waals surface area contributed by atoms with E-state index in [1.165, 1.54) is 24.3 Å². The first kappa shape index (κ1) is 20.1. The first-order valence-electron chi connectivity index (χ1n) is 10.3. The van der Waals surface area contributed by atoms with Gasteiger partial charge in [0.2, 0.25) is 5.91 Å². The van der Waals surface area contributed by atoms with Crippen LogP contribution in [0.1, 0.15) is 29.5 Å². The van der Waals surface area contributed by atoms with Gasteiger partial charge in [-0.2, -0.15) is 0 Å². The number of amides is 1. The lowest BCUT2D eigenvalue weighted by Gasteiger charge is -2.34. The number of nitrogens with one attached hydrogen (secondary N) is 1. The first-order chi connectivity index (χ1) is 15.4. The summed E-state index contributed by atoms with van der Waals surface area (Å²) in [6, 6.07) is 19.4. The number of anilines is 1. The van der Waals surface area contributed by atoms with Crippen molar-refractivity contribution in [3.8, 4) is 0 Å². The normalized spacial score (nSPS) is 22.4. The number of benzene rings is 3. The maximum atomic E-state index is 13.7. The number of hydrogen-bond donors (Lipinski definition) is 1. The summed E-state index contributed by atoms with van der Waals surface area (Å²) in [6.07, 6.45) is 3.68. The Bertz CT molecular complexity index is 1250. The third-order valence-electron chi connectivity index (χ3n) is 6.07. The molecule has 0 saturated heterocycles. The largest absolute Gasteiger partial charge is 0.325 e. The fourth-order valence-corrected chi connectivity index (χ4v) is 4.63. The van der Waals surface area contributed by atoms with Gasteiger partial charge in [-0.15, -0.1) is 0 Å². The summed E-state index contributed by atoms with van der Waals surface area (Å²) >= 11 is 0. The number of ketones is 1. The average Bonchev–Trinajstić information content (AvgIpc) is 3.02. The monoisotopic (exact) mass is 427 g/mol. The van der Waals surface area contributed by atoms with Crippen LogP contribution >= 0.6 is 0 Å². The van der Waals surface area contributed by atoms with Crippen LogP contribution < -0.4 is 5.32 Å². The molecule has 3 aromatic carbocycles. The number of hydrogen-bond acceptors (Lipinski definition) is 2. The second-order valence-electron chi connectivity index (χ2n) is 8.21. The van der Waals surface area contributed by atoms with E-state index in [0.29, 0.717) is 22.3 Å². The Labute approximate surface area is 184 Å². The van der Waals surface area contributed by atoms with E-state index in [-0.39, 0.29) is 24.5 Å². The highest BCUT2D eigenvalue weighted by atomic mass is 19.1. The van der Waals surface area contributed by atoms with Crippen LogP contribution in [0, 0.1) is 11.6 Å². The van der Waals surface area contributed by atoms with Crippen molar-refractivity contribution in [2.45, 2.75) is 18.3 Å². The Morgan fingerprint density at radius 2 is 1.31 bits per heavy atom. The van der Waals surface area contributed by atoms with Gasteiger partial charge >= 0.3 is 0 Å². The molecule has 1 atom stereocenters. The summed E-state index contributed by atoms with van der Waals surface area (Å²) in [6.45, 7) is 0. The van der Waals surface area contributed by atoms with Crippen molar-refractivity contribution < 1.29 is 18.4 Å². The van der Waals surface area contributed by atoms with Crippen LogP contribution in [0.3, 0.4) is 0 Å². The van der Waals surface area contributed by atoms with Crippen LogP contribution in [0.15, 0.2) is 83.9 Å². The molecule has 1 aliphatic carbocycles. The quantitative estimate of drug-likeness (QED) is 0.535. The highest BCUT2D eigenvalue weighted by molar-refractivity contribution is 6.18. The predicted octanol–water partition coefficient (Wildman–Crippen LogP) is 5.68. The predicted molar refractivity (Wildman–Crippen MR) is 120 cm³/mol. The molecule has 1 saturated carbocycles. The van der Waals surface area contributed by atoms with Gasteiger partial charge < -0.3 is 5.32 Å². The van der Waals surface area contributed by atoms with Gasteiger partial charge in [0.15, 0.2) is 5.78 Å². The standard InChI is InChI=1S/C27H19F2NO2/c28-21-7-3-5-17(13-21)11-19-15-27(23-9-1-2-10-24(23)30-26(27)32)16-20(25(19)31)12-18-6-4-8-22(29)14-18/h1-14H,15-16H2,(H,30,32)/b19-11-,20-12+. The number of para-hydroxylation sites is 1. The molecule has 1 N–H and O–H groups in total. The van der Waals surface area contributed by atoms with Crippen LogP contribution in [0.2, 0.25) is 0 Å². The molecule has 5 rings (SSSR count). The summed E-state index contributed by atoms with van der Waals surface area (Å²) in [7, 11) is 0. The summed E-state index contributed by atoms with van der Waals surface area (Å²) < 4.78 is 27.5. The van der Waals surface area contributed by atoms with Gasteiger partial charge in [0.1, 0.15) is 11.6 Å². The zero-order valence-electron chi connectivity index (χ0n) is 17.1. The van der Waals surface area contributed by atoms with Crippen LogP contribution in [0.5, 0.6) is 0 Å². The van der Waals surface area contributed by atoms with Crippen molar-refractivity contribution >= 4 is 29.5 Å². The van der Waals surface area contributed by atoms with E-state index < -0.39 is 17.0 Å². The number of fused-ring (bicyclic) bond motifs is 2. The van der Waals surface area contributed by atoms with Crippen LogP contribution in [0.25, 0.3) is 12.2 Å². The highest BCUT2D eigenvalue weighted by Crippen LogP contribution is 2.50. The molecular formula is C27H19F2NO2. The van der Waals surface area contributed by atoms with Crippen molar-refractivity contribution in [3.63, 3.8) is 0 Å². The molecule has 0 aromatic heterocycles. The molecule has 1 spiro atoms. The Hall–Kier alpha value is -3.86. The molecule has 1 fully saturated rings. The van der Waals surface area contributed by atoms with Gasteiger partial charge in [-0.3, -0.25) is 9.59 Å². The zero-order valence-corrected chi connectivity index (χ0v) is 17.1. The lowest BCUT2D eigenvalue weighted by atomic mass is 9.65. The highest BCUT2D eigenvalue weighted by Gasteiger charge is 2.51. The summed E-state index contributed by atoms with van der Waals surface area (Å²) in [5.41, 5.74) is 2.51. The Balaban J connectivity index is 1.67. The molecule has 1 amide bonds. The molecule has 1 heterocycles. The maximum Gasteiger partial charge on any atom is 0.235 e. The van der Waals surface area contributed by atoms with Crippen molar-refractivity contribution in [1.82, 2.24) is 0 Å². The van der Waals surface area contributed by atoms with Gasteiger partial charge in [0.05, 0.1) is 5.41 Å². The molecule has 0 radical (unpaired) electrons. The summed E-state index contributed by atoms with van der Waals surface area (Å²) in [4.78, 5) is 26.6. The lowest BCUT2D eigenvalue weighted by molar-refractivity contribution is -0.122. The molecule has 2 aliphatic rings.